The topological polar surface area (TPSA) is 4.93 Å². The van der Waals surface area contributed by atoms with Crippen molar-refractivity contribution >= 4 is 38.5 Å². The van der Waals surface area contributed by atoms with Crippen molar-refractivity contribution in [2.45, 2.75) is 38.5 Å². The molecule has 0 bridgehead atoms. The molecule has 0 saturated heterocycles. The van der Waals surface area contributed by atoms with Gasteiger partial charge in [0.1, 0.15) is 0 Å². The summed E-state index contributed by atoms with van der Waals surface area (Å²) in [5.74, 6) is 0.584. The molecule has 0 amide bonds. The third kappa shape index (κ3) is 2.29. The molecule has 5 aromatic rings. The van der Waals surface area contributed by atoms with Gasteiger partial charge in [-0.15, -0.1) is 0 Å². The van der Waals surface area contributed by atoms with Crippen molar-refractivity contribution < 1.29 is 0 Å². The zero-order valence-corrected chi connectivity index (χ0v) is 20.4. The Balaban J connectivity index is 1.42. The highest BCUT2D eigenvalue weighted by Crippen LogP contribution is 2.62. The second kappa shape index (κ2) is 6.43. The van der Waals surface area contributed by atoms with E-state index in [0.717, 1.165) is 6.42 Å². The first kappa shape index (κ1) is 19.5. The fraction of sp³-hybridized carbons (Fsp3) is 0.176. The molecule has 1 unspecified atom stereocenters. The lowest BCUT2D eigenvalue weighted by molar-refractivity contribution is 0.702. The number of fused-ring (bicyclic) bond motifs is 7. The predicted molar refractivity (Wildman–Crippen MR) is 148 cm³/mol. The van der Waals surface area contributed by atoms with Crippen LogP contribution < -0.4 is 0 Å². The zero-order valence-electron chi connectivity index (χ0n) is 20.4. The van der Waals surface area contributed by atoms with Crippen LogP contribution in [0.2, 0.25) is 0 Å². The maximum absolute atomic E-state index is 2.51. The second-order valence-corrected chi connectivity index (χ2v) is 11.0. The Morgan fingerprint density at radius 2 is 1.49 bits per heavy atom. The Labute approximate surface area is 206 Å². The van der Waals surface area contributed by atoms with Crippen LogP contribution in [0.15, 0.2) is 91.0 Å². The molecule has 1 heterocycles. The van der Waals surface area contributed by atoms with E-state index in [-0.39, 0.29) is 5.41 Å². The zero-order chi connectivity index (χ0) is 23.5. The van der Waals surface area contributed by atoms with Gasteiger partial charge in [-0.3, -0.25) is 0 Å². The van der Waals surface area contributed by atoms with Crippen LogP contribution in [0.4, 0.5) is 0 Å². The molecule has 35 heavy (non-hydrogen) atoms. The SMILES string of the molecule is CC1CC=C2C3=C(c4cccc1c42)C(C)(C)c1ccc(-n2c4ccccc4c4ccccc42)cc13. The number of aromatic nitrogens is 1. The quantitative estimate of drug-likeness (QED) is 0.241. The van der Waals surface area contributed by atoms with E-state index >= 15 is 0 Å². The number of hydrogen-bond acceptors (Lipinski definition) is 0. The highest BCUT2D eigenvalue weighted by Gasteiger charge is 2.45. The Morgan fingerprint density at radius 3 is 2.23 bits per heavy atom. The lowest BCUT2D eigenvalue weighted by Crippen LogP contribution is -2.17. The molecule has 3 aliphatic rings. The minimum absolute atomic E-state index is 0.0133. The lowest BCUT2D eigenvalue weighted by atomic mass is 9.76. The predicted octanol–water partition coefficient (Wildman–Crippen LogP) is 8.89. The average Bonchev–Trinajstić information content (AvgIpc) is 3.47. The molecule has 0 fully saturated rings. The van der Waals surface area contributed by atoms with Crippen LogP contribution in [-0.4, -0.2) is 4.57 Å². The van der Waals surface area contributed by atoms with Gasteiger partial charge in [0, 0.05) is 21.9 Å². The molecule has 3 aliphatic carbocycles. The maximum atomic E-state index is 2.51. The van der Waals surface area contributed by atoms with Crippen LogP contribution in [0.25, 0.3) is 44.2 Å². The summed E-state index contributed by atoms with van der Waals surface area (Å²) < 4.78 is 2.45. The van der Waals surface area contributed by atoms with Crippen LogP contribution >= 0.6 is 0 Å². The summed E-state index contributed by atoms with van der Waals surface area (Å²) in [6.07, 6.45) is 3.63. The van der Waals surface area contributed by atoms with Gasteiger partial charge in [0.2, 0.25) is 0 Å². The Kier molecular flexibility index (Phi) is 3.58. The molecule has 1 atom stereocenters. The third-order valence-electron chi connectivity index (χ3n) is 8.77. The Morgan fingerprint density at radius 1 is 0.771 bits per heavy atom. The smallest absolute Gasteiger partial charge is 0.0541 e. The number of rotatable bonds is 1. The molecule has 1 nitrogen and oxygen atoms in total. The molecular weight excluding hydrogens is 422 g/mol. The molecule has 8 rings (SSSR count). The first-order chi connectivity index (χ1) is 17.1. The third-order valence-corrected chi connectivity index (χ3v) is 8.77. The number of allylic oxidation sites excluding steroid dienone is 4. The maximum Gasteiger partial charge on any atom is 0.0541 e. The number of nitrogens with zero attached hydrogens (tertiary/aromatic N) is 1. The van der Waals surface area contributed by atoms with E-state index in [0.29, 0.717) is 5.92 Å². The summed E-state index contributed by atoms with van der Waals surface area (Å²) in [6, 6.07) is 31.7. The fourth-order valence-corrected chi connectivity index (χ4v) is 7.20. The number of hydrogen-bond donors (Lipinski definition) is 0. The summed E-state index contributed by atoms with van der Waals surface area (Å²) >= 11 is 0. The van der Waals surface area contributed by atoms with Crippen LogP contribution in [0.1, 0.15) is 60.9 Å². The minimum atomic E-state index is -0.0133. The highest BCUT2D eigenvalue weighted by atomic mass is 15.0. The van der Waals surface area contributed by atoms with E-state index < -0.39 is 0 Å². The monoisotopic (exact) mass is 449 g/mol. The van der Waals surface area contributed by atoms with Crippen LogP contribution in [-0.2, 0) is 5.41 Å². The van der Waals surface area contributed by atoms with Crippen molar-refractivity contribution in [2.24, 2.45) is 0 Å². The van der Waals surface area contributed by atoms with Gasteiger partial charge in [0.25, 0.3) is 0 Å². The van der Waals surface area contributed by atoms with Gasteiger partial charge >= 0.3 is 0 Å². The molecule has 0 N–H and O–H groups in total. The van der Waals surface area contributed by atoms with Crippen molar-refractivity contribution in [3.8, 4) is 5.69 Å². The summed E-state index contributed by atoms with van der Waals surface area (Å²) in [4.78, 5) is 0. The van der Waals surface area contributed by atoms with Crippen LogP contribution in [0, 0.1) is 0 Å². The van der Waals surface area contributed by atoms with E-state index in [4.69, 9.17) is 0 Å². The summed E-state index contributed by atoms with van der Waals surface area (Å²) in [5.41, 5.74) is 15.5. The van der Waals surface area contributed by atoms with Crippen molar-refractivity contribution in [3.05, 3.63) is 119 Å². The summed E-state index contributed by atoms with van der Waals surface area (Å²) in [6.45, 7) is 7.19. The van der Waals surface area contributed by atoms with Crippen molar-refractivity contribution in [3.63, 3.8) is 0 Å². The van der Waals surface area contributed by atoms with Gasteiger partial charge in [-0.25, -0.2) is 0 Å². The summed E-state index contributed by atoms with van der Waals surface area (Å²) in [7, 11) is 0. The molecule has 0 radical (unpaired) electrons. The molecule has 168 valence electrons. The normalized spacial score (nSPS) is 19.2. The van der Waals surface area contributed by atoms with Crippen LogP contribution in [0.5, 0.6) is 0 Å². The van der Waals surface area contributed by atoms with Gasteiger partial charge in [0.15, 0.2) is 0 Å². The molecule has 1 heteroatoms. The highest BCUT2D eigenvalue weighted by molar-refractivity contribution is 6.26. The van der Waals surface area contributed by atoms with Gasteiger partial charge in [-0.2, -0.15) is 0 Å². The van der Waals surface area contributed by atoms with E-state index in [9.17, 15) is 0 Å². The van der Waals surface area contributed by atoms with E-state index in [2.05, 4.69) is 116 Å². The van der Waals surface area contributed by atoms with Gasteiger partial charge < -0.3 is 4.57 Å². The van der Waals surface area contributed by atoms with Crippen molar-refractivity contribution in [2.75, 3.05) is 0 Å². The molecule has 4 aromatic carbocycles. The molecule has 1 aromatic heterocycles. The largest absolute Gasteiger partial charge is 0.309 e. The average molecular weight is 450 g/mol. The molecule has 0 spiro atoms. The van der Waals surface area contributed by atoms with Gasteiger partial charge in [0.05, 0.1) is 11.0 Å². The minimum Gasteiger partial charge on any atom is -0.309 e. The van der Waals surface area contributed by atoms with Gasteiger partial charge in [-0.1, -0.05) is 87.5 Å². The standard InChI is InChI=1S/C34H27N/c1-20-15-17-25-31-22(20)11-8-12-26(31)33-32(25)27-19-21(16-18-28(27)34(33,2)3)35-29-13-6-4-9-23(29)24-10-5-7-14-30(24)35/h4-14,16-20H,15H2,1-3H3. The van der Waals surface area contributed by atoms with E-state index in [1.807, 2.05) is 0 Å². The second-order valence-electron chi connectivity index (χ2n) is 11.0. The molecular formula is C34H27N. The van der Waals surface area contributed by atoms with Crippen molar-refractivity contribution in [1.82, 2.24) is 4.57 Å². The molecule has 0 saturated carbocycles. The Bertz CT molecular complexity index is 1750. The number of benzene rings is 4. The fourth-order valence-electron chi connectivity index (χ4n) is 7.20. The number of para-hydroxylation sites is 2. The van der Waals surface area contributed by atoms with Crippen molar-refractivity contribution in [1.29, 1.82) is 0 Å². The first-order valence-electron chi connectivity index (χ1n) is 12.8. The Hall–Kier alpha value is -3.84. The van der Waals surface area contributed by atoms with E-state index in [1.165, 1.54) is 72.0 Å². The van der Waals surface area contributed by atoms with Crippen LogP contribution in [0.3, 0.4) is 0 Å². The lowest BCUT2D eigenvalue weighted by Gasteiger charge is -2.28. The summed E-state index contributed by atoms with van der Waals surface area (Å²) in [5, 5.41) is 2.62. The van der Waals surface area contributed by atoms with Gasteiger partial charge in [-0.05, 0) is 81.1 Å². The van der Waals surface area contributed by atoms with E-state index in [1.54, 1.807) is 0 Å². The molecule has 0 aliphatic heterocycles. The first-order valence-corrected chi connectivity index (χ1v) is 12.8.